The number of halogens is 1. The Kier molecular flexibility index (Phi) is 5.18. The summed E-state index contributed by atoms with van der Waals surface area (Å²) in [5.41, 5.74) is 1.42. The van der Waals surface area contributed by atoms with Gasteiger partial charge in [-0.25, -0.2) is 21.2 Å². The number of sulfonamides is 1. The number of anilines is 1. The summed E-state index contributed by atoms with van der Waals surface area (Å²) in [4.78, 5) is -0.0610. The van der Waals surface area contributed by atoms with Gasteiger partial charge in [-0.05, 0) is 55.0 Å². The van der Waals surface area contributed by atoms with Crippen molar-refractivity contribution in [1.82, 2.24) is 10.2 Å². The van der Waals surface area contributed by atoms with Crippen LogP contribution < -0.4 is 4.72 Å². The highest BCUT2D eigenvalue weighted by molar-refractivity contribution is 7.92. The quantitative estimate of drug-likeness (QED) is 0.679. The minimum Gasteiger partial charge on any atom is -0.280 e. The molecule has 3 aromatic rings. The lowest BCUT2D eigenvalue weighted by Crippen LogP contribution is -2.13. The average molecular weight is 421 g/mol. The molecule has 10 heteroatoms. The van der Waals surface area contributed by atoms with E-state index >= 15 is 0 Å². The Hall–Kier alpha value is -2.85. The van der Waals surface area contributed by atoms with Crippen LogP contribution in [0, 0.1) is 12.7 Å². The first-order valence-electron chi connectivity index (χ1n) is 7.99. The number of benzene rings is 2. The summed E-state index contributed by atoms with van der Waals surface area (Å²) >= 11 is 0. The van der Waals surface area contributed by atoms with E-state index in [1.165, 1.54) is 37.3 Å². The molecule has 0 radical (unpaired) electrons. The lowest BCUT2D eigenvalue weighted by molar-refractivity contribution is 0.595. The first-order chi connectivity index (χ1) is 13.1. The van der Waals surface area contributed by atoms with E-state index in [0.717, 1.165) is 12.3 Å². The molecular formula is C18H16FN3O4S2. The number of sulfone groups is 1. The van der Waals surface area contributed by atoms with E-state index in [1.54, 1.807) is 18.2 Å². The molecule has 0 fully saturated rings. The highest BCUT2D eigenvalue weighted by Crippen LogP contribution is 2.24. The number of nitrogens with one attached hydrogen (secondary N) is 1. The molecule has 3 rings (SSSR count). The van der Waals surface area contributed by atoms with E-state index in [9.17, 15) is 21.2 Å². The van der Waals surface area contributed by atoms with Crippen LogP contribution in [0.25, 0.3) is 11.3 Å². The normalized spacial score (nSPS) is 12.0. The number of aryl methyl sites for hydroxylation is 1. The van der Waals surface area contributed by atoms with Crippen molar-refractivity contribution in [3.05, 3.63) is 66.0 Å². The van der Waals surface area contributed by atoms with Crippen molar-refractivity contribution in [3.8, 4) is 11.3 Å². The first kappa shape index (κ1) is 19.9. The van der Waals surface area contributed by atoms with E-state index in [2.05, 4.69) is 14.9 Å². The maximum Gasteiger partial charge on any atom is 0.261 e. The predicted octanol–water partition coefficient (Wildman–Crippen LogP) is 2.80. The number of rotatable bonds is 5. The summed E-state index contributed by atoms with van der Waals surface area (Å²) in [6, 6.07) is 12.7. The van der Waals surface area contributed by atoms with E-state index in [1.807, 2.05) is 0 Å². The van der Waals surface area contributed by atoms with Gasteiger partial charge in [0.15, 0.2) is 14.9 Å². The molecule has 0 atom stereocenters. The third-order valence-corrected chi connectivity index (χ3v) is 6.23. The molecule has 0 aliphatic heterocycles. The van der Waals surface area contributed by atoms with Crippen molar-refractivity contribution in [2.24, 2.45) is 0 Å². The fraction of sp³-hybridized carbons (Fsp3) is 0.111. The average Bonchev–Trinajstić information content (AvgIpc) is 2.63. The highest BCUT2D eigenvalue weighted by Gasteiger charge is 2.16. The zero-order valence-electron chi connectivity index (χ0n) is 14.9. The van der Waals surface area contributed by atoms with Crippen molar-refractivity contribution in [2.45, 2.75) is 16.8 Å². The molecule has 7 nitrogen and oxygen atoms in total. The van der Waals surface area contributed by atoms with Crippen LogP contribution in [0.3, 0.4) is 0 Å². The van der Waals surface area contributed by atoms with E-state index in [0.29, 0.717) is 11.3 Å². The van der Waals surface area contributed by atoms with E-state index in [4.69, 9.17) is 0 Å². The molecule has 0 aliphatic carbocycles. The number of hydrogen-bond donors (Lipinski definition) is 1. The second-order valence-electron chi connectivity index (χ2n) is 6.13. The molecule has 1 heterocycles. The first-order valence-corrected chi connectivity index (χ1v) is 11.4. The third-order valence-electron chi connectivity index (χ3n) is 3.87. The minimum absolute atomic E-state index is 0.0610. The Bertz CT molecular complexity index is 1240. The zero-order valence-corrected chi connectivity index (χ0v) is 16.6. The van der Waals surface area contributed by atoms with Crippen molar-refractivity contribution < 1.29 is 21.2 Å². The van der Waals surface area contributed by atoms with Crippen LogP contribution in [0.5, 0.6) is 0 Å². The summed E-state index contributed by atoms with van der Waals surface area (Å²) in [6.45, 7) is 1.48. The van der Waals surface area contributed by atoms with Gasteiger partial charge < -0.3 is 0 Å². The molecule has 146 valence electrons. The van der Waals surface area contributed by atoms with Gasteiger partial charge in [0.05, 0.1) is 10.6 Å². The minimum atomic E-state index is -3.91. The predicted molar refractivity (Wildman–Crippen MR) is 103 cm³/mol. The summed E-state index contributed by atoms with van der Waals surface area (Å²) in [7, 11) is -7.37. The fourth-order valence-corrected chi connectivity index (χ4v) is 4.05. The molecule has 2 aromatic carbocycles. The van der Waals surface area contributed by atoms with Crippen LogP contribution in [0.15, 0.2) is 64.5 Å². The molecule has 0 unspecified atom stereocenters. The Morgan fingerprint density at radius 3 is 2.29 bits per heavy atom. The Labute approximate surface area is 162 Å². The fourth-order valence-electron chi connectivity index (χ4n) is 2.41. The molecular weight excluding hydrogens is 405 g/mol. The standard InChI is InChI=1S/C18H16FN3O4S2/c1-12-10-15(6-7-16(12)19)28(25,26)22-14-5-3-4-13(11-14)17-8-9-18(21-20-17)27(2,23)24/h3-11,22H,1-2H3. The van der Waals surface area contributed by atoms with Crippen molar-refractivity contribution >= 4 is 25.5 Å². The second-order valence-corrected chi connectivity index (χ2v) is 9.77. The molecule has 1 aromatic heterocycles. The van der Waals surface area contributed by atoms with Crippen molar-refractivity contribution in [1.29, 1.82) is 0 Å². The van der Waals surface area contributed by atoms with E-state index < -0.39 is 25.7 Å². The van der Waals surface area contributed by atoms with Crippen LogP contribution in [-0.2, 0) is 19.9 Å². The summed E-state index contributed by atoms with van der Waals surface area (Å²) < 4.78 is 63.8. The molecule has 0 saturated heterocycles. The summed E-state index contributed by atoms with van der Waals surface area (Å²) in [5, 5.41) is 7.42. The number of nitrogens with zero attached hydrogens (tertiary/aromatic N) is 2. The smallest absolute Gasteiger partial charge is 0.261 e. The molecule has 28 heavy (non-hydrogen) atoms. The van der Waals surface area contributed by atoms with Crippen molar-refractivity contribution in [2.75, 3.05) is 11.0 Å². The zero-order chi connectivity index (χ0) is 20.5. The number of aromatic nitrogens is 2. The van der Waals surface area contributed by atoms with Gasteiger partial charge in [0.25, 0.3) is 10.0 Å². The third kappa shape index (κ3) is 4.34. The molecule has 1 N–H and O–H groups in total. The maximum absolute atomic E-state index is 13.4. The van der Waals surface area contributed by atoms with Gasteiger partial charge in [-0.1, -0.05) is 12.1 Å². The molecule has 0 saturated carbocycles. The Morgan fingerprint density at radius 1 is 0.929 bits per heavy atom. The molecule has 0 amide bonds. The largest absolute Gasteiger partial charge is 0.280 e. The highest BCUT2D eigenvalue weighted by atomic mass is 32.2. The Balaban J connectivity index is 1.90. The lowest BCUT2D eigenvalue weighted by atomic mass is 10.1. The molecule has 0 spiro atoms. The number of hydrogen-bond acceptors (Lipinski definition) is 6. The second kappa shape index (κ2) is 7.28. The van der Waals surface area contributed by atoms with Gasteiger partial charge in [-0.3, -0.25) is 4.72 Å². The van der Waals surface area contributed by atoms with Gasteiger partial charge in [0, 0.05) is 17.5 Å². The SMILES string of the molecule is Cc1cc(S(=O)(=O)Nc2cccc(-c3ccc(S(C)(=O)=O)nn3)c2)ccc1F. The van der Waals surface area contributed by atoms with Gasteiger partial charge >= 0.3 is 0 Å². The van der Waals surface area contributed by atoms with Gasteiger partial charge in [0.1, 0.15) is 5.82 Å². The van der Waals surface area contributed by atoms with Gasteiger partial charge in [0.2, 0.25) is 0 Å². The summed E-state index contributed by atoms with van der Waals surface area (Å²) in [5.74, 6) is -0.489. The van der Waals surface area contributed by atoms with Crippen LogP contribution in [0.4, 0.5) is 10.1 Å². The topological polar surface area (TPSA) is 106 Å². The van der Waals surface area contributed by atoms with Gasteiger partial charge in [-0.2, -0.15) is 0 Å². The van der Waals surface area contributed by atoms with Crippen LogP contribution in [0.2, 0.25) is 0 Å². The Morgan fingerprint density at radius 2 is 1.68 bits per heavy atom. The van der Waals surface area contributed by atoms with E-state index in [-0.39, 0.29) is 21.2 Å². The van der Waals surface area contributed by atoms with Gasteiger partial charge in [-0.15, -0.1) is 10.2 Å². The van der Waals surface area contributed by atoms with Crippen molar-refractivity contribution in [3.63, 3.8) is 0 Å². The van der Waals surface area contributed by atoms with Crippen LogP contribution >= 0.6 is 0 Å². The maximum atomic E-state index is 13.4. The monoisotopic (exact) mass is 421 g/mol. The van der Waals surface area contributed by atoms with Crippen LogP contribution in [0.1, 0.15) is 5.56 Å². The molecule has 0 bridgehead atoms. The summed E-state index contributed by atoms with van der Waals surface area (Å²) in [6.07, 6.45) is 1.03. The van der Waals surface area contributed by atoms with Crippen LogP contribution in [-0.4, -0.2) is 33.3 Å². The molecule has 0 aliphatic rings. The lowest BCUT2D eigenvalue weighted by Gasteiger charge is -2.10.